The number of fused-ring (bicyclic) bond motifs is 3. The van der Waals surface area contributed by atoms with Crippen LogP contribution in [-0.4, -0.2) is 110 Å². The smallest absolute Gasteiger partial charge is 0.338 e. The van der Waals surface area contributed by atoms with Gasteiger partial charge in [-0.3, -0.25) is 14.6 Å². The van der Waals surface area contributed by atoms with E-state index in [9.17, 15) is 9.59 Å². The molecule has 0 amide bonds. The Bertz CT molecular complexity index is 435. The number of hydrogen-bond donors (Lipinski definition) is 1. The van der Waals surface area contributed by atoms with Crippen molar-refractivity contribution in [1.82, 2.24) is 19.6 Å². The standard InChI is InChI=1S/C17H33N5O3/c1-16(23)14-21-6-2-4-20-9-8-19(10-12-21)5-3-7-22(13-11-20)15-17(24)25-18/h2-15,18H2,1H3. The fourth-order valence-electron chi connectivity index (χ4n) is 3.63. The highest BCUT2D eigenvalue weighted by atomic mass is 16.7. The fraction of sp³-hybridized carbons (Fsp3) is 0.882. The second kappa shape index (κ2) is 10.8. The van der Waals surface area contributed by atoms with Gasteiger partial charge in [-0.1, -0.05) is 0 Å². The Kier molecular flexibility index (Phi) is 8.77. The Balaban J connectivity index is 1.96. The second-order valence-corrected chi connectivity index (χ2v) is 7.13. The molecule has 0 aromatic carbocycles. The van der Waals surface area contributed by atoms with E-state index in [0.717, 1.165) is 78.3 Å². The molecule has 0 aromatic rings. The number of carbonyl (C=O) groups is 2. The average Bonchev–Trinajstić information content (AvgIpc) is 2.59. The Labute approximate surface area is 150 Å². The van der Waals surface area contributed by atoms with Crippen LogP contribution < -0.4 is 5.90 Å². The van der Waals surface area contributed by atoms with E-state index >= 15 is 0 Å². The van der Waals surface area contributed by atoms with E-state index in [1.165, 1.54) is 0 Å². The van der Waals surface area contributed by atoms with E-state index in [1.54, 1.807) is 6.92 Å². The van der Waals surface area contributed by atoms with Gasteiger partial charge in [-0.05, 0) is 39.4 Å². The van der Waals surface area contributed by atoms with Crippen molar-refractivity contribution < 1.29 is 14.4 Å². The van der Waals surface area contributed by atoms with Crippen LogP contribution in [0.2, 0.25) is 0 Å². The summed E-state index contributed by atoms with van der Waals surface area (Å²) in [6.45, 7) is 12.2. The molecule has 0 spiro atoms. The number of Topliss-reactive ketones (excluding diaryl/α,β-unsaturated/α-hetero) is 1. The van der Waals surface area contributed by atoms with Crippen LogP contribution in [0.4, 0.5) is 0 Å². The van der Waals surface area contributed by atoms with Crippen LogP contribution in [0.5, 0.6) is 0 Å². The number of nitrogens with two attached hydrogens (primary N) is 1. The maximum Gasteiger partial charge on any atom is 0.338 e. The molecule has 2 bridgehead atoms. The summed E-state index contributed by atoms with van der Waals surface area (Å²) in [7, 11) is 0. The zero-order valence-corrected chi connectivity index (χ0v) is 15.5. The monoisotopic (exact) mass is 355 g/mol. The molecule has 2 fully saturated rings. The summed E-state index contributed by atoms with van der Waals surface area (Å²) in [6.07, 6.45) is 2.09. The van der Waals surface area contributed by atoms with Crippen molar-refractivity contribution in [2.45, 2.75) is 19.8 Å². The maximum absolute atomic E-state index is 11.5. The van der Waals surface area contributed by atoms with Gasteiger partial charge >= 0.3 is 5.97 Å². The van der Waals surface area contributed by atoms with Gasteiger partial charge in [0.15, 0.2) is 0 Å². The number of nitrogens with zero attached hydrogens (tertiary/aromatic N) is 4. The lowest BCUT2D eigenvalue weighted by atomic mass is 10.2. The number of hydrogen-bond acceptors (Lipinski definition) is 8. The average molecular weight is 355 g/mol. The molecule has 0 radical (unpaired) electrons. The molecular weight excluding hydrogens is 322 g/mol. The van der Waals surface area contributed by atoms with Crippen LogP contribution in [-0.2, 0) is 14.4 Å². The van der Waals surface area contributed by atoms with Gasteiger partial charge in [0.25, 0.3) is 0 Å². The molecule has 2 atom stereocenters. The first-order valence-corrected chi connectivity index (χ1v) is 9.35. The molecule has 0 aromatic heterocycles. The number of carbonyl (C=O) groups excluding carboxylic acids is 2. The van der Waals surface area contributed by atoms with Crippen LogP contribution in [0.15, 0.2) is 0 Å². The summed E-state index contributed by atoms with van der Waals surface area (Å²) in [6, 6.07) is 0. The van der Waals surface area contributed by atoms with Crippen molar-refractivity contribution in [3.05, 3.63) is 0 Å². The molecule has 2 aliphatic rings. The maximum atomic E-state index is 11.5. The first-order chi connectivity index (χ1) is 12.1. The second-order valence-electron chi connectivity index (χ2n) is 7.13. The third-order valence-electron chi connectivity index (χ3n) is 5.03. The van der Waals surface area contributed by atoms with Crippen LogP contribution in [0.3, 0.4) is 0 Å². The predicted octanol–water partition coefficient (Wildman–Crippen LogP) is -0.992. The van der Waals surface area contributed by atoms with Crippen LogP contribution in [0.1, 0.15) is 19.8 Å². The Morgan fingerprint density at radius 1 is 0.760 bits per heavy atom. The van der Waals surface area contributed by atoms with E-state index < -0.39 is 0 Å². The van der Waals surface area contributed by atoms with Gasteiger partial charge in [0, 0.05) is 45.8 Å². The molecule has 0 saturated carbocycles. The molecule has 2 N–H and O–H groups in total. The largest absolute Gasteiger partial charge is 0.372 e. The molecule has 2 saturated heterocycles. The predicted molar refractivity (Wildman–Crippen MR) is 96.0 cm³/mol. The van der Waals surface area contributed by atoms with Gasteiger partial charge < -0.3 is 14.6 Å². The minimum absolute atomic E-state index is 0.240. The van der Waals surface area contributed by atoms with Gasteiger partial charge in [-0.2, -0.15) is 5.90 Å². The lowest BCUT2D eigenvalue weighted by Crippen LogP contribution is -2.48. The van der Waals surface area contributed by atoms with Gasteiger partial charge in [0.1, 0.15) is 5.78 Å². The highest BCUT2D eigenvalue weighted by molar-refractivity contribution is 5.77. The summed E-state index contributed by atoms with van der Waals surface area (Å²) in [4.78, 5) is 36.7. The molecule has 2 unspecified atom stereocenters. The third-order valence-corrected chi connectivity index (χ3v) is 5.03. The van der Waals surface area contributed by atoms with Gasteiger partial charge in [-0.25, -0.2) is 4.79 Å². The quantitative estimate of drug-likeness (QED) is 0.644. The topological polar surface area (TPSA) is 82.4 Å². The molecule has 25 heavy (non-hydrogen) atoms. The van der Waals surface area contributed by atoms with Crippen LogP contribution >= 0.6 is 0 Å². The van der Waals surface area contributed by atoms with Crippen molar-refractivity contribution in [3.63, 3.8) is 0 Å². The highest BCUT2D eigenvalue weighted by Gasteiger charge is 2.19. The summed E-state index contributed by atoms with van der Waals surface area (Å²) in [5, 5.41) is 0. The van der Waals surface area contributed by atoms with Gasteiger partial charge in [-0.15, -0.1) is 0 Å². The minimum atomic E-state index is -0.374. The molecular formula is C17H33N5O3. The molecule has 8 heteroatoms. The zero-order chi connectivity index (χ0) is 18.1. The Hall–Kier alpha value is -1.06. The van der Waals surface area contributed by atoms with E-state index in [2.05, 4.69) is 24.4 Å². The lowest BCUT2D eigenvalue weighted by molar-refractivity contribution is -0.145. The Morgan fingerprint density at radius 3 is 1.72 bits per heavy atom. The van der Waals surface area contributed by atoms with Crippen molar-refractivity contribution in [1.29, 1.82) is 0 Å². The third kappa shape index (κ3) is 7.79. The molecule has 8 nitrogen and oxygen atoms in total. The summed E-state index contributed by atoms with van der Waals surface area (Å²) < 4.78 is 0. The summed E-state index contributed by atoms with van der Waals surface area (Å²) >= 11 is 0. The summed E-state index contributed by atoms with van der Waals surface area (Å²) in [5.74, 6) is 4.85. The molecule has 0 aliphatic carbocycles. The van der Waals surface area contributed by atoms with Crippen LogP contribution in [0, 0.1) is 0 Å². The fourth-order valence-corrected chi connectivity index (χ4v) is 3.63. The van der Waals surface area contributed by atoms with Gasteiger partial charge in [0.05, 0.1) is 13.1 Å². The molecule has 2 aliphatic heterocycles. The minimum Gasteiger partial charge on any atom is -0.372 e. The number of rotatable bonds is 4. The molecule has 2 heterocycles. The van der Waals surface area contributed by atoms with E-state index in [-0.39, 0.29) is 18.3 Å². The first-order valence-electron chi connectivity index (χ1n) is 9.35. The van der Waals surface area contributed by atoms with E-state index in [1.807, 2.05) is 0 Å². The van der Waals surface area contributed by atoms with Crippen LogP contribution in [0.25, 0.3) is 0 Å². The SMILES string of the molecule is CC(=O)CN1CCCN2CCN(CCCN(CC(=O)ON)CC2)CC1. The van der Waals surface area contributed by atoms with E-state index in [0.29, 0.717) is 6.54 Å². The Morgan fingerprint density at radius 2 is 1.24 bits per heavy atom. The normalized spacial score (nSPS) is 27.6. The number of ketones is 1. The van der Waals surface area contributed by atoms with Crippen molar-refractivity contribution in [3.8, 4) is 0 Å². The van der Waals surface area contributed by atoms with Crippen molar-refractivity contribution >= 4 is 11.8 Å². The molecule has 2 rings (SSSR count). The lowest BCUT2D eigenvalue weighted by Gasteiger charge is -2.35. The molecule has 144 valence electrons. The zero-order valence-electron chi connectivity index (χ0n) is 15.5. The van der Waals surface area contributed by atoms with Crippen molar-refractivity contribution in [2.24, 2.45) is 5.90 Å². The highest BCUT2D eigenvalue weighted by Crippen LogP contribution is 2.06. The first kappa shape index (κ1) is 20.3. The van der Waals surface area contributed by atoms with Gasteiger partial charge in [0.2, 0.25) is 0 Å². The van der Waals surface area contributed by atoms with E-state index in [4.69, 9.17) is 5.90 Å². The summed E-state index contributed by atoms with van der Waals surface area (Å²) in [5.41, 5.74) is 0. The van der Waals surface area contributed by atoms with Crippen molar-refractivity contribution in [2.75, 3.05) is 78.5 Å².